The van der Waals surface area contributed by atoms with E-state index in [1.807, 2.05) is 6.92 Å². The Hall–Kier alpha value is -1.45. The van der Waals surface area contributed by atoms with Gasteiger partial charge in [0.1, 0.15) is 0 Å². The van der Waals surface area contributed by atoms with E-state index in [9.17, 15) is 13.2 Å². The number of piperidine rings is 1. The second kappa shape index (κ2) is 6.76. The SMILES string of the molecule is CC(N)C1CCCCN1C(=O)CNS(=O)(=O)c1cn(C)cn1. The largest absolute Gasteiger partial charge is 0.339 e. The van der Waals surface area contributed by atoms with E-state index in [0.717, 1.165) is 19.3 Å². The fourth-order valence-electron chi connectivity index (χ4n) is 2.67. The molecule has 1 aliphatic rings. The average molecular weight is 329 g/mol. The van der Waals surface area contributed by atoms with Crippen LogP contribution in [-0.4, -0.2) is 53.9 Å². The molecule has 8 nitrogen and oxygen atoms in total. The summed E-state index contributed by atoms with van der Waals surface area (Å²) in [5.41, 5.74) is 5.93. The molecule has 3 N–H and O–H groups in total. The number of aryl methyl sites for hydroxylation is 1. The average Bonchev–Trinajstić information content (AvgIpc) is 2.92. The first-order valence-electron chi connectivity index (χ1n) is 7.34. The molecule has 22 heavy (non-hydrogen) atoms. The van der Waals surface area contributed by atoms with Crippen LogP contribution in [0, 0.1) is 0 Å². The van der Waals surface area contributed by atoms with Gasteiger partial charge in [0, 0.05) is 31.9 Å². The number of sulfonamides is 1. The Morgan fingerprint density at radius 1 is 1.55 bits per heavy atom. The summed E-state index contributed by atoms with van der Waals surface area (Å²) in [4.78, 5) is 17.8. The molecular formula is C13H23N5O3S. The highest BCUT2D eigenvalue weighted by atomic mass is 32.2. The highest BCUT2D eigenvalue weighted by Crippen LogP contribution is 2.19. The molecule has 124 valence electrons. The van der Waals surface area contributed by atoms with E-state index in [0.29, 0.717) is 6.54 Å². The molecule has 1 aliphatic heterocycles. The first-order valence-corrected chi connectivity index (χ1v) is 8.82. The number of carbonyl (C=O) groups is 1. The van der Waals surface area contributed by atoms with Crippen LogP contribution in [0.5, 0.6) is 0 Å². The van der Waals surface area contributed by atoms with E-state index in [1.165, 1.54) is 17.1 Å². The number of nitrogens with one attached hydrogen (secondary N) is 1. The zero-order chi connectivity index (χ0) is 16.3. The summed E-state index contributed by atoms with van der Waals surface area (Å²) in [6, 6.07) is -0.155. The van der Waals surface area contributed by atoms with Crippen LogP contribution in [0.4, 0.5) is 0 Å². The van der Waals surface area contributed by atoms with E-state index < -0.39 is 10.0 Å². The molecule has 0 bridgehead atoms. The van der Waals surface area contributed by atoms with Gasteiger partial charge in [-0.2, -0.15) is 0 Å². The minimum Gasteiger partial charge on any atom is -0.339 e. The van der Waals surface area contributed by atoms with Gasteiger partial charge in [0.05, 0.1) is 12.9 Å². The highest BCUT2D eigenvalue weighted by molar-refractivity contribution is 7.89. The van der Waals surface area contributed by atoms with Gasteiger partial charge in [0.15, 0.2) is 5.03 Å². The summed E-state index contributed by atoms with van der Waals surface area (Å²) in [7, 11) is -2.09. The number of likely N-dealkylation sites (tertiary alicyclic amines) is 1. The van der Waals surface area contributed by atoms with Crippen molar-refractivity contribution in [2.45, 2.75) is 43.3 Å². The molecule has 1 aromatic heterocycles. The lowest BCUT2D eigenvalue weighted by atomic mass is 9.97. The Labute approximate surface area is 130 Å². The van der Waals surface area contributed by atoms with Crippen molar-refractivity contribution in [3.8, 4) is 0 Å². The summed E-state index contributed by atoms with van der Waals surface area (Å²) in [5, 5.41) is -0.0924. The van der Waals surface area contributed by atoms with E-state index in [4.69, 9.17) is 5.73 Å². The van der Waals surface area contributed by atoms with Gasteiger partial charge in [0.2, 0.25) is 5.91 Å². The number of hydrogen-bond donors (Lipinski definition) is 2. The minimum atomic E-state index is -3.77. The maximum absolute atomic E-state index is 12.3. The highest BCUT2D eigenvalue weighted by Gasteiger charge is 2.30. The zero-order valence-electron chi connectivity index (χ0n) is 12.9. The lowest BCUT2D eigenvalue weighted by molar-refractivity contribution is -0.134. The second-order valence-corrected chi connectivity index (χ2v) is 7.43. The topological polar surface area (TPSA) is 110 Å². The quantitative estimate of drug-likeness (QED) is 0.751. The van der Waals surface area contributed by atoms with Crippen LogP contribution in [0.3, 0.4) is 0 Å². The van der Waals surface area contributed by atoms with Crippen molar-refractivity contribution in [3.05, 3.63) is 12.5 Å². The van der Waals surface area contributed by atoms with E-state index >= 15 is 0 Å². The molecule has 1 amide bonds. The second-order valence-electron chi connectivity index (χ2n) is 5.71. The zero-order valence-corrected chi connectivity index (χ0v) is 13.7. The first-order chi connectivity index (χ1) is 10.3. The fourth-order valence-corrected chi connectivity index (χ4v) is 3.63. The number of rotatable bonds is 5. The molecule has 2 atom stereocenters. The number of aromatic nitrogens is 2. The minimum absolute atomic E-state index is 0.0272. The number of amides is 1. The predicted molar refractivity (Wildman–Crippen MR) is 81.4 cm³/mol. The lowest BCUT2D eigenvalue weighted by Crippen LogP contribution is -2.54. The van der Waals surface area contributed by atoms with Crippen molar-refractivity contribution in [2.75, 3.05) is 13.1 Å². The molecule has 0 radical (unpaired) electrons. The van der Waals surface area contributed by atoms with Crippen LogP contribution in [0.25, 0.3) is 0 Å². The summed E-state index contributed by atoms with van der Waals surface area (Å²) in [6.07, 6.45) is 5.60. The molecule has 0 aromatic carbocycles. The van der Waals surface area contributed by atoms with E-state index in [1.54, 1.807) is 11.9 Å². The molecule has 2 rings (SSSR count). The van der Waals surface area contributed by atoms with Gasteiger partial charge < -0.3 is 15.2 Å². The third kappa shape index (κ3) is 3.84. The maximum atomic E-state index is 12.3. The number of nitrogens with zero attached hydrogens (tertiary/aromatic N) is 3. The van der Waals surface area contributed by atoms with Gasteiger partial charge >= 0.3 is 0 Å². The molecule has 2 heterocycles. The van der Waals surface area contributed by atoms with Gasteiger partial charge in [-0.25, -0.2) is 18.1 Å². The first kappa shape index (κ1) is 16.9. The van der Waals surface area contributed by atoms with Gasteiger partial charge in [-0.1, -0.05) is 0 Å². The van der Waals surface area contributed by atoms with Crippen molar-refractivity contribution < 1.29 is 13.2 Å². The van der Waals surface area contributed by atoms with Gasteiger partial charge in [-0.3, -0.25) is 4.79 Å². The molecule has 2 unspecified atom stereocenters. The Bertz CT molecular complexity index is 625. The van der Waals surface area contributed by atoms with Crippen LogP contribution < -0.4 is 10.5 Å². The monoisotopic (exact) mass is 329 g/mol. The normalized spacial score (nSPS) is 20.9. The van der Waals surface area contributed by atoms with E-state index in [2.05, 4.69) is 9.71 Å². The molecule has 1 fully saturated rings. The van der Waals surface area contributed by atoms with Crippen molar-refractivity contribution in [2.24, 2.45) is 12.8 Å². The maximum Gasteiger partial charge on any atom is 0.260 e. The molecular weight excluding hydrogens is 306 g/mol. The molecule has 0 saturated carbocycles. The van der Waals surface area contributed by atoms with Crippen LogP contribution >= 0.6 is 0 Å². The molecule has 1 saturated heterocycles. The number of hydrogen-bond acceptors (Lipinski definition) is 5. The van der Waals surface area contributed by atoms with Gasteiger partial charge in [-0.05, 0) is 26.2 Å². The number of carbonyl (C=O) groups excluding carboxylic acids is 1. The van der Waals surface area contributed by atoms with Crippen molar-refractivity contribution in [1.29, 1.82) is 0 Å². The molecule has 0 spiro atoms. The number of nitrogens with two attached hydrogens (primary N) is 1. The van der Waals surface area contributed by atoms with Crippen molar-refractivity contribution >= 4 is 15.9 Å². The predicted octanol–water partition coefficient (Wildman–Crippen LogP) is -0.573. The van der Waals surface area contributed by atoms with Crippen molar-refractivity contribution in [1.82, 2.24) is 19.2 Å². The van der Waals surface area contributed by atoms with Crippen LogP contribution in [0.2, 0.25) is 0 Å². The molecule has 1 aromatic rings. The summed E-state index contributed by atoms with van der Waals surface area (Å²) in [5.74, 6) is -0.249. The van der Waals surface area contributed by atoms with Crippen molar-refractivity contribution in [3.63, 3.8) is 0 Å². The van der Waals surface area contributed by atoms with Gasteiger partial charge in [0.25, 0.3) is 10.0 Å². The fraction of sp³-hybridized carbons (Fsp3) is 0.692. The summed E-state index contributed by atoms with van der Waals surface area (Å²) < 4.78 is 28.0. The smallest absolute Gasteiger partial charge is 0.260 e. The third-order valence-electron chi connectivity index (χ3n) is 3.85. The van der Waals surface area contributed by atoms with E-state index in [-0.39, 0.29) is 29.6 Å². The Balaban J connectivity index is 1.99. The Morgan fingerprint density at radius 2 is 2.27 bits per heavy atom. The lowest BCUT2D eigenvalue weighted by Gasteiger charge is -2.38. The van der Waals surface area contributed by atoms with Crippen LogP contribution in [-0.2, 0) is 21.9 Å². The van der Waals surface area contributed by atoms with Gasteiger partial charge in [-0.15, -0.1) is 0 Å². The Morgan fingerprint density at radius 3 is 2.86 bits per heavy atom. The summed E-state index contributed by atoms with van der Waals surface area (Å²) >= 11 is 0. The number of imidazole rings is 1. The molecule has 9 heteroatoms. The van der Waals surface area contributed by atoms with Crippen LogP contribution in [0.15, 0.2) is 17.6 Å². The standard InChI is InChI=1S/C13H23N5O3S/c1-10(14)11-5-3-4-6-18(11)13(19)7-16-22(20,21)12-8-17(2)9-15-12/h8-11,16H,3-7,14H2,1-2H3. The molecule has 0 aliphatic carbocycles. The van der Waals surface area contributed by atoms with Crippen LogP contribution in [0.1, 0.15) is 26.2 Å². The Kier molecular flexibility index (Phi) is 5.20. The summed E-state index contributed by atoms with van der Waals surface area (Å²) in [6.45, 7) is 2.22. The third-order valence-corrected chi connectivity index (χ3v) is 5.13.